The molecule has 0 aliphatic heterocycles. The molecule has 3 aromatic heterocycles. The van der Waals surface area contributed by atoms with Gasteiger partial charge in [0.2, 0.25) is 0 Å². The Labute approximate surface area is 223 Å². The first-order valence-corrected chi connectivity index (χ1v) is 13.2. The van der Waals surface area contributed by atoms with Crippen LogP contribution in [0.1, 0.15) is 0 Å². The van der Waals surface area contributed by atoms with Gasteiger partial charge in [-0.3, -0.25) is 0 Å². The molecule has 0 aliphatic carbocycles. The monoisotopic (exact) mass is 499 g/mol. The molecule has 182 valence electrons. The fourth-order valence-corrected chi connectivity index (χ4v) is 6.29. The van der Waals surface area contributed by atoms with E-state index in [0.717, 1.165) is 77.1 Å². The maximum Gasteiger partial charge on any atom is 0.161 e. The molecular formula is C36H21NO2. The van der Waals surface area contributed by atoms with Gasteiger partial charge < -0.3 is 13.4 Å². The molecule has 0 saturated heterocycles. The molecule has 9 rings (SSSR count). The number of rotatable bonds is 2. The second-order valence-corrected chi connectivity index (χ2v) is 10.1. The Balaban J connectivity index is 1.39. The smallest absolute Gasteiger partial charge is 0.161 e. The van der Waals surface area contributed by atoms with Crippen LogP contribution in [0.5, 0.6) is 0 Å². The van der Waals surface area contributed by atoms with E-state index in [2.05, 4.69) is 132 Å². The third-order valence-corrected chi connectivity index (χ3v) is 8.00. The molecule has 0 N–H and O–H groups in total. The van der Waals surface area contributed by atoms with E-state index in [-0.39, 0.29) is 0 Å². The van der Waals surface area contributed by atoms with Crippen LogP contribution < -0.4 is 0 Å². The SMILES string of the molecule is c1ccc(-n2c3ccccc3c3oc4c(-c5cccc6c5oc5c7ccccc7ccc65)cccc4c32)cc1. The highest BCUT2D eigenvalue weighted by Gasteiger charge is 2.22. The Morgan fingerprint density at radius 3 is 1.85 bits per heavy atom. The van der Waals surface area contributed by atoms with E-state index in [1.54, 1.807) is 0 Å². The van der Waals surface area contributed by atoms with Gasteiger partial charge in [0, 0.05) is 43.7 Å². The van der Waals surface area contributed by atoms with E-state index in [9.17, 15) is 0 Å². The topological polar surface area (TPSA) is 31.2 Å². The van der Waals surface area contributed by atoms with Crippen molar-refractivity contribution in [3.8, 4) is 16.8 Å². The lowest BCUT2D eigenvalue weighted by atomic mass is 10.00. The number of fused-ring (bicyclic) bond motifs is 10. The van der Waals surface area contributed by atoms with E-state index in [1.165, 1.54) is 5.39 Å². The van der Waals surface area contributed by atoms with Crippen molar-refractivity contribution in [2.24, 2.45) is 0 Å². The standard InChI is InChI=1S/C36H21NO2/c1-2-11-23(12-3-1)37-31-19-7-6-14-29(31)36-32(37)30-18-9-17-26(35(30)39-36)25-15-8-16-27-28-21-20-22-10-4-5-13-24(22)33(28)38-34(25)27/h1-21H. The minimum Gasteiger partial charge on any atom is -0.455 e. The van der Waals surface area contributed by atoms with Gasteiger partial charge in [0.1, 0.15) is 22.3 Å². The van der Waals surface area contributed by atoms with Gasteiger partial charge in [-0.15, -0.1) is 0 Å². The van der Waals surface area contributed by atoms with Crippen molar-refractivity contribution < 1.29 is 8.83 Å². The molecule has 0 radical (unpaired) electrons. The van der Waals surface area contributed by atoms with Gasteiger partial charge in [-0.1, -0.05) is 91.0 Å². The number of hydrogen-bond acceptors (Lipinski definition) is 2. The number of benzene rings is 6. The average molecular weight is 500 g/mol. The molecule has 0 atom stereocenters. The first-order valence-electron chi connectivity index (χ1n) is 13.2. The van der Waals surface area contributed by atoms with Crippen molar-refractivity contribution >= 4 is 65.7 Å². The molecule has 0 fully saturated rings. The molecule has 3 heterocycles. The zero-order chi connectivity index (χ0) is 25.5. The van der Waals surface area contributed by atoms with Crippen LogP contribution in [0.25, 0.3) is 82.5 Å². The second-order valence-electron chi connectivity index (χ2n) is 10.1. The first-order chi connectivity index (χ1) is 19.4. The van der Waals surface area contributed by atoms with E-state index in [4.69, 9.17) is 8.83 Å². The van der Waals surface area contributed by atoms with Gasteiger partial charge in [0.25, 0.3) is 0 Å². The first kappa shape index (κ1) is 20.7. The van der Waals surface area contributed by atoms with E-state index in [0.29, 0.717) is 0 Å². The number of para-hydroxylation sites is 4. The molecule has 3 nitrogen and oxygen atoms in total. The summed E-state index contributed by atoms with van der Waals surface area (Å²) < 4.78 is 15.8. The Bertz CT molecular complexity index is 2390. The number of aromatic nitrogens is 1. The maximum absolute atomic E-state index is 6.78. The third kappa shape index (κ3) is 2.76. The van der Waals surface area contributed by atoms with E-state index < -0.39 is 0 Å². The highest BCUT2D eigenvalue weighted by Crippen LogP contribution is 2.44. The van der Waals surface area contributed by atoms with Crippen LogP contribution in [-0.4, -0.2) is 4.57 Å². The molecule has 3 heteroatoms. The molecule has 0 aliphatic rings. The van der Waals surface area contributed by atoms with Crippen LogP contribution in [0.2, 0.25) is 0 Å². The molecule has 0 unspecified atom stereocenters. The summed E-state index contributed by atoms with van der Waals surface area (Å²) in [4.78, 5) is 0. The molecule has 0 spiro atoms. The Hall–Kier alpha value is -5.28. The van der Waals surface area contributed by atoms with Crippen molar-refractivity contribution in [2.45, 2.75) is 0 Å². The fraction of sp³-hybridized carbons (Fsp3) is 0. The summed E-state index contributed by atoms with van der Waals surface area (Å²) in [5, 5.41) is 6.73. The number of nitrogens with zero attached hydrogens (tertiary/aromatic N) is 1. The maximum atomic E-state index is 6.78. The normalized spacial score (nSPS) is 12.1. The minimum absolute atomic E-state index is 0.871. The lowest BCUT2D eigenvalue weighted by Gasteiger charge is -2.08. The van der Waals surface area contributed by atoms with E-state index in [1.807, 2.05) is 0 Å². The van der Waals surface area contributed by atoms with Gasteiger partial charge in [0.05, 0.1) is 5.52 Å². The Morgan fingerprint density at radius 2 is 1.00 bits per heavy atom. The predicted octanol–water partition coefficient (Wildman–Crippen LogP) is 10.2. The van der Waals surface area contributed by atoms with Crippen LogP contribution in [-0.2, 0) is 0 Å². The van der Waals surface area contributed by atoms with Crippen molar-refractivity contribution in [2.75, 3.05) is 0 Å². The molecule has 0 amide bonds. The van der Waals surface area contributed by atoms with Crippen molar-refractivity contribution in [3.63, 3.8) is 0 Å². The van der Waals surface area contributed by atoms with Gasteiger partial charge >= 0.3 is 0 Å². The Kier molecular flexibility index (Phi) is 4.05. The predicted molar refractivity (Wildman–Crippen MR) is 161 cm³/mol. The van der Waals surface area contributed by atoms with Crippen LogP contribution in [0.4, 0.5) is 0 Å². The molecule has 6 aromatic carbocycles. The van der Waals surface area contributed by atoms with E-state index >= 15 is 0 Å². The molecule has 9 aromatic rings. The van der Waals surface area contributed by atoms with Gasteiger partial charge in [0.15, 0.2) is 5.58 Å². The van der Waals surface area contributed by atoms with Gasteiger partial charge in [-0.2, -0.15) is 0 Å². The quantitative estimate of drug-likeness (QED) is 0.237. The summed E-state index contributed by atoms with van der Waals surface area (Å²) in [6, 6.07) is 44.5. The van der Waals surface area contributed by atoms with Crippen LogP contribution in [0, 0.1) is 0 Å². The highest BCUT2D eigenvalue weighted by atomic mass is 16.3. The lowest BCUT2D eigenvalue weighted by Crippen LogP contribution is -1.92. The second kappa shape index (κ2) is 7.62. The zero-order valence-electron chi connectivity index (χ0n) is 20.9. The summed E-state index contributed by atoms with van der Waals surface area (Å²) in [7, 11) is 0. The summed E-state index contributed by atoms with van der Waals surface area (Å²) in [6.45, 7) is 0. The van der Waals surface area contributed by atoms with Gasteiger partial charge in [-0.25, -0.2) is 0 Å². The molecule has 0 saturated carbocycles. The van der Waals surface area contributed by atoms with Crippen LogP contribution in [0.15, 0.2) is 136 Å². The Morgan fingerprint density at radius 1 is 0.385 bits per heavy atom. The summed E-state index contributed by atoms with van der Waals surface area (Å²) in [5.74, 6) is 0. The van der Waals surface area contributed by atoms with Crippen molar-refractivity contribution in [1.29, 1.82) is 0 Å². The highest BCUT2D eigenvalue weighted by molar-refractivity contribution is 6.21. The summed E-state index contributed by atoms with van der Waals surface area (Å²) in [6.07, 6.45) is 0. The van der Waals surface area contributed by atoms with Crippen LogP contribution >= 0.6 is 0 Å². The summed E-state index contributed by atoms with van der Waals surface area (Å²) >= 11 is 0. The largest absolute Gasteiger partial charge is 0.455 e. The van der Waals surface area contributed by atoms with Gasteiger partial charge in [-0.05, 0) is 41.8 Å². The lowest BCUT2D eigenvalue weighted by molar-refractivity contribution is 0.668. The number of hydrogen-bond donors (Lipinski definition) is 0. The number of furan rings is 2. The average Bonchev–Trinajstić information content (AvgIpc) is 3.67. The summed E-state index contributed by atoms with van der Waals surface area (Å²) in [5.41, 5.74) is 8.98. The minimum atomic E-state index is 0.871. The molecule has 0 bridgehead atoms. The van der Waals surface area contributed by atoms with Crippen molar-refractivity contribution in [3.05, 3.63) is 127 Å². The molecule has 39 heavy (non-hydrogen) atoms. The fourth-order valence-electron chi connectivity index (χ4n) is 6.29. The zero-order valence-corrected chi connectivity index (χ0v) is 20.9. The third-order valence-electron chi connectivity index (χ3n) is 8.00. The van der Waals surface area contributed by atoms with Crippen molar-refractivity contribution in [1.82, 2.24) is 4.57 Å². The molecular weight excluding hydrogens is 478 g/mol. The van der Waals surface area contributed by atoms with Crippen LogP contribution in [0.3, 0.4) is 0 Å².